The van der Waals surface area contributed by atoms with E-state index in [1.165, 1.54) is 36.4 Å². The van der Waals surface area contributed by atoms with Crippen molar-refractivity contribution >= 4 is 21.6 Å². The van der Waals surface area contributed by atoms with Crippen LogP contribution in [0.5, 0.6) is 0 Å². The number of rotatable bonds is 9. The fourth-order valence-corrected chi connectivity index (χ4v) is 3.87. The van der Waals surface area contributed by atoms with E-state index in [9.17, 15) is 17.6 Å². The Bertz CT molecular complexity index is 808. The molecule has 0 saturated heterocycles. The maximum Gasteiger partial charge on any atom is 0.264 e. The van der Waals surface area contributed by atoms with Gasteiger partial charge in [-0.05, 0) is 42.8 Å². The number of hydrogen-bond acceptors (Lipinski definition) is 3. The molecule has 0 aliphatic carbocycles. The molecule has 5 nitrogen and oxygen atoms in total. The molecule has 0 heterocycles. The summed E-state index contributed by atoms with van der Waals surface area (Å²) in [6, 6.07) is 12.9. The highest BCUT2D eigenvalue weighted by Crippen LogP contribution is 2.23. The highest BCUT2D eigenvalue weighted by molar-refractivity contribution is 7.92. The third-order valence-corrected chi connectivity index (χ3v) is 5.62. The summed E-state index contributed by atoms with van der Waals surface area (Å²) >= 11 is 0. The number of nitrogens with zero attached hydrogens (tertiary/aromatic N) is 1. The van der Waals surface area contributed by atoms with Crippen LogP contribution >= 0.6 is 0 Å². The van der Waals surface area contributed by atoms with E-state index in [1.54, 1.807) is 18.2 Å². The minimum atomic E-state index is -3.95. The lowest BCUT2D eigenvalue weighted by atomic mass is 10.2. The molecule has 26 heavy (non-hydrogen) atoms. The van der Waals surface area contributed by atoms with Crippen molar-refractivity contribution < 1.29 is 17.6 Å². The third-order valence-electron chi connectivity index (χ3n) is 3.84. The average molecular weight is 378 g/mol. The molecule has 0 atom stereocenters. The first-order chi connectivity index (χ1) is 12.4. The van der Waals surface area contributed by atoms with E-state index in [4.69, 9.17) is 0 Å². The Kier molecular flexibility index (Phi) is 7.15. The van der Waals surface area contributed by atoms with Gasteiger partial charge in [-0.15, -0.1) is 0 Å². The lowest BCUT2D eigenvalue weighted by Crippen LogP contribution is -2.41. The fourth-order valence-electron chi connectivity index (χ4n) is 2.43. The topological polar surface area (TPSA) is 66.5 Å². The van der Waals surface area contributed by atoms with E-state index in [0.29, 0.717) is 6.54 Å². The largest absolute Gasteiger partial charge is 0.355 e. The van der Waals surface area contributed by atoms with Gasteiger partial charge in [-0.1, -0.05) is 38.0 Å². The van der Waals surface area contributed by atoms with Crippen LogP contribution < -0.4 is 9.62 Å². The van der Waals surface area contributed by atoms with Gasteiger partial charge in [0.05, 0.1) is 10.6 Å². The molecule has 0 aliphatic heterocycles. The van der Waals surface area contributed by atoms with E-state index in [0.717, 1.165) is 23.6 Å². The van der Waals surface area contributed by atoms with Gasteiger partial charge in [0.1, 0.15) is 12.4 Å². The SMILES string of the molecule is CCCCCNC(=O)CN(c1ccc(F)cc1)S(=O)(=O)c1ccccc1. The van der Waals surface area contributed by atoms with Crippen molar-refractivity contribution in [3.63, 3.8) is 0 Å². The Labute approximate surface area is 153 Å². The zero-order valence-corrected chi connectivity index (χ0v) is 15.5. The predicted octanol–water partition coefficient (Wildman–Crippen LogP) is 3.33. The number of nitrogens with one attached hydrogen (secondary N) is 1. The minimum Gasteiger partial charge on any atom is -0.355 e. The molecule has 0 unspecified atom stereocenters. The number of carbonyl (C=O) groups excluding carboxylic acids is 1. The molecule has 1 amide bonds. The molecule has 2 aromatic rings. The average Bonchev–Trinajstić information content (AvgIpc) is 2.65. The van der Waals surface area contributed by atoms with E-state index in [2.05, 4.69) is 12.2 Å². The molecule has 7 heteroatoms. The summed E-state index contributed by atoms with van der Waals surface area (Å²) in [6.07, 6.45) is 2.86. The van der Waals surface area contributed by atoms with Crippen LogP contribution in [0, 0.1) is 5.82 Å². The molecule has 0 aliphatic rings. The van der Waals surface area contributed by atoms with Gasteiger partial charge in [0.15, 0.2) is 0 Å². The molecule has 0 saturated carbocycles. The molecule has 0 fully saturated rings. The number of benzene rings is 2. The lowest BCUT2D eigenvalue weighted by molar-refractivity contribution is -0.119. The van der Waals surface area contributed by atoms with Crippen molar-refractivity contribution in [1.82, 2.24) is 5.32 Å². The summed E-state index contributed by atoms with van der Waals surface area (Å²) in [7, 11) is -3.95. The first kappa shape index (κ1) is 19.9. The Hall–Kier alpha value is -2.41. The van der Waals surface area contributed by atoms with Crippen molar-refractivity contribution in [2.45, 2.75) is 31.1 Å². The van der Waals surface area contributed by atoms with Crippen molar-refractivity contribution in [3.8, 4) is 0 Å². The first-order valence-electron chi connectivity index (χ1n) is 8.55. The fraction of sp³-hybridized carbons (Fsp3) is 0.316. The van der Waals surface area contributed by atoms with Crippen LogP contribution in [0.2, 0.25) is 0 Å². The normalized spacial score (nSPS) is 11.2. The molecular formula is C19H23FN2O3S. The van der Waals surface area contributed by atoms with Crippen LogP contribution in [0.4, 0.5) is 10.1 Å². The van der Waals surface area contributed by atoms with Crippen molar-refractivity contribution in [1.29, 1.82) is 0 Å². The van der Waals surface area contributed by atoms with Gasteiger partial charge >= 0.3 is 0 Å². The molecule has 2 rings (SSSR count). The first-order valence-corrected chi connectivity index (χ1v) is 9.99. The number of halogens is 1. The smallest absolute Gasteiger partial charge is 0.264 e. The lowest BCUT2D eigenvalue weighted by Gasteiger charge is -2.24. The molecule has 0 spiro atoms. The van der Waals surface area contributed by atoms with E-state index in [1.807, 2.05) is 0 Å². The van der Waals surface area contributed by atoms with Crippen molar-refractivity contribution in [2.24, 2.45) is 0 Å². The van der Waals surface area contributed by atoms with Crippen LogP contribution in [0.25, 0.3) is 0 Å². The van der Waals surface area contributed by atoms with Gasteiger partial charge in [0.2, 0.25) is 5.91 Å². The third kappa shape index (κ3) is 5.29. The highest BCUT2D eigenvalue weighted by Gasteiger charge is 2.26. The molecule has 1 N–H and O–H groups in total. The summed E-state index contributed by atoms with van der Waals surface area (Å²) in [5, 5.41) is 2.73. The summed E-state index contributed by atoms with van der Waals surface area (Å²) < 4.78 is 40.2. The van der Waals surface area contributed by atoms with E-state index >= 15 is 0 Å². The number of unbranched alkanes of at least 4 members (excludes halogenated alkanes) is 2. The Morgan fingerprint density at radius 2 is 1.69 bits per heavy atom. The zero-order chi connectivity index (χ0) is 19.0. The Morgan fingerprint density at radius 3 is 2.31 bits per heavy atom. The highest BCUT2D eigenvalue weighted by atomic mass is 32.2. The summed E-state index contributed by atoms with van der Waals surface area (Å²) in [5.74, 6) is -0.875. The summed E-state index contributed by atoms with van der Waals surface area (Å²) in [5.41, 5.74) is 0.235. The van der Waals surface area contributed by atoms with Crippen LogP contribution in [0.3, 0.4) is 0 Å². The quantitative estimate of drug-likeness (QED) is 0.681. The van der Waals surface area contributed by atoms with E-state index < -0.39 is 21.7 Å². The molecular weight excluding hydrogens is 355 g/mol. The summed E-state index contributed by atoms with van der Waals surface area (Å²) in [6.45, 7) is 2.19. The second-order valence-corrected chi connectivity index (χ2v) is 7.72. The van der Waals surface area contributed by atoms with Gasteiger partial charge in [0, 0.05) is 6.54 Å². The maximum absolute atomic E-state index is 13.2. The summed E-state index contributed by atoms with van der Waals surface area (Å²) in [4.78, 5) is 12.3. The minimum absolute atomic E-state index is 0.0723. The van der Waals surface area contributed by atoms with Gasteiger partial charge in [-0.25, -0.2) is 12.8 Å². The Morgan fingerprint density at radius 1 is 1.04 bits per heavy atom. The van der Waals surface area contributed by atoms with Gasteiger partial charge in [0.25, 0.3) is 10.0 Å². The standard InChI is InChI=1S/C19H23FN2O3S/c1-2-3-7-14-21-19(23)15-22(17-12-10-16(20)11-13-17)26(24,25)18-8-5-4-6-9-18/h4-6,8-13H,2-3,7,14-15H2,1H3,(H,21,23). The molecule has 0 bridgehead atoms. The monoisotopic (exact) mass is 378 g/mol. The molecule has 0 radical (unpaired) electrons. The molecule has 140 valence electrons. The van der Waals surface area contributed by atoms with Crippen molar-refractivity contribution in [2.75, 3.05) is 17.4 Å². The van der Waals surface area contributed by atoms with Crippen LogP contribution in [-0.2, 0) is 14.8 Å². The second-order valence-electron chi connectivity index (χ2n) is 5.86. The maximum atomic E-state index is 13.2. The number of anilines is 1. The number of sulfonamides is 1. The van der Waals surface area contributed by atoms with Crippen LogP contribution in [0.1, 0.15) is 26.2 Å². The zero-order valence-electron chi connectivity index (χ0n) is 14.7. The number of amides is 1. The van der Waals surface area contributed by atoms with E-state index in [-0.39, 0.29) is 17.1 Å². The van der Waals surface area contributed by atoms with Gasteiger partial charge < -0.3 is 5.32 Å². The Balaban J connectivity index is 2.25. The van der Waals surface area contributed by atoms with Crippen LogP contribution in [-0.4, -0.2) is 27.4 Å². The second kappa shape index (κ2) is 9.33. The van der Waals surface area contributed by atoms with Crippen LogP contribution in [0.15, 0.2) is 59.5 Å². The van der Waals surface area contributed by atoms with Gasteiger partial charge in [-0.2, -0.15) is 0 Å². The molecule has 2 aromatic carbocycles. The van der Waals surface area contributed by atoms with Crippen molar-refractivity contribution in [3.05, 3.63) is 60.4 Å². The van der Waals surface area contributed by atoms with Gasteiger partial charge in [-0.3, -0.25) is 9.10 Å². The number of hydrogen-bond donors (Lipinski definition) is 1. The molecule has 0 aromatic heterocycles. The number of carbonyl (C=O) groups is 1. The predicted molar refractivity (Wildman–Crippen MR) is 99.9 cm³/mol.